The minimum Gasteiger partial charge on any atom is -0.496 e. The minimum atomic E-state index is -0.103. The Labute approximate surface area is 97.1 Å². The number of halogens is 1. The van der Waals surface area contributed by atoms with E-state index in [9.17, 15) is 4.79 Å². The Hall–Kier alpha value is -1.07. The van der Waals surface area contributed by atoms with Crippen LogP contribution in [0.25, 0.3) is 0 Å². The Balaban J connectivity index is 2.82. The molecule has 0 aliphatic rings. The molecule has 0 spiro atoms. The first kappa shape index (κ1) is 12.0. The van der Waals surface area contributed by atoms with E-state index >= 15 is 0 Å². The highest BCUT2D eigenvalue weighted by Crippen LogP contribution is 2.23. The van der Waals surface area contributed by atoms with Crippen LogP contribution in [0.1, 0.15) is 5.56 Å². The van der Waals surface area contributed by atoms with Crippen molar-refractivity contribution in [1.82, 2.24) is 10.9 Å². The van der Waals surface area contributed by atoms with Gasteiger partial charge in [0.2, 0.25) is 5.91 Å². The van der Waals surface area contributed by atoms with Gasteiger partial charge in [0, 0.05) is 17.1 Å². The number of carbonyl (C=O) groups excluding carboxylic acids is 1. The Bertz CT molecular complexity index is 355. The summed E-state index contributed by atoms with van der Waals surface area (Å²) in [4.78, 5) is 11.3. The SMILES string of the molecule is CNNC(=O)Cc1cc(Br)ccc1OC. The molecular formula is C10H13BrN2O2. The second-order valence-electron chi connectivity index (χ2n) is 2.93. The maximum Gasteiger partial charge on any atom is 0.238 e. The number of hydrazine groups is 1. The predicted molar refractivity (Wildman–Crippen MR) is 61.6 cm³/mol. The van der Waals surface area contributed by atoms with Crippen molar-refractivity contribution in [2.24, 2.45) is 0 Å². The third kappa shape index (κ3) is 3.53. The maximum absolute atomic E-state index is 11.3. The van der Waals surface area contributed by atoms with Crippen LogP contribution in [0.4, 0.5) is 0 Å². The number of methoxy groups -OCH3 is 1. The summed E-state index contributed by atoms with van der Waals surface area (Å²) in [6, 6.07) is 5.57. The second kappa shape index (κ2) is 5.72. The molecule has 0 unspecified atom stereocenters. The molecule has 0 saturated heterocycles. The van der Waals surface area contributed by atoms with Crippen molar-refractivity contribution < 1.29 is 9.53 Å². The van der Waals surface area contributed by atoms with E-state index in [1.807, 2.05) is 18.2 Å². The minimum absolute atomic E-state index is 0.103. The highest BCUT2D eigenvalue weighted by molar-refractivity contribution is 9.10. The van der Waals surface area contributed by atoms with Crippen LogP contribution in [-0.4, -0.2) is 20.1 Å². The van der Waals surface area contributed by atoms with Gasteiger partial charge in [0.15, 0.2) is 0 Å². The van der Waals surface area contributed by atoms with E-state index in [-0.39, 0.29) is 12.3 Å². The van der Waals surface area contributed by atoms with Crippen molar-refractivity contribution in [1.29, 1.82) is 0 Å². The van der Waals surface area contributed by atoms with Gasteiger partial charge in [-0.05, 0) is 18.2 Å². The summed E-state index contributed by atoms with van der Waals surface area (Å²) in [5.41, 5.74) is 5.94. The first-order valence-corrected chi connectivity index (χ1v) is 5.24. The van der Waals surface area contributed by atoms with Crippen molar-refractivity contribution in [3.63, 3.8) is 0 Å². The zero-order valence-electron chi connectivity index (χ0n) is 8.63. The standard InChI is InChI=1S/C10H13BrN2O2/c1-12-13-10(14)6-7-5-8(11)3-4-9(7)15-2/h3-5,12H,6H2,1-2H3,(H,13,14). The molecule has 1 aromatic rings. The van der Waals surface area contributed by atoms with Gasteiger partial charge in [0.05, 0.1) is 13.5 Å². The Morgan fingerprint density at radius 1 is 1.53 bits per heavy atom. The molecule has 1 rings (SSSR count). The molecule has 0 fully saturated rings. The van der Waals surface area contributed by atoms with E-state index in [0.29, 0.717) is 5.75 Å². The molecule has 0 saturated carbocycles. The van der Waals surface area contributed by atoms with Crippen LogP contribution in [0.2, 0.25) is 0 Å². The summed E-state index contributed by atoms with van der Waals surface area (Å²) >= 11 is 3.35. The molecule has 0 heterocycles. The lowest BCUT2D eigenvalue weighted by Gasteiger charge is -2.08. The number of hydrogen-bond acceptors (Lipinski definition) is 3. The molecule has 0 bridgehead atoms. The topological polar surface area (TPSA) is 50.4 Å². The first-order chi connectivity index (χ1) is 7.17. The molecule has 0 aliphatic carbocycles. The van der Waals surface area contributed by atoms with Gasteiger partial charge in [-0.25, -0.2) is 5.43 Å². The number of ether oxygens (including phenoxy) is 1. The van der Waals surface area contributed by atoms with Gasteiger partial charge in [-0.15, -0.1) is 0 Å². The predicted octanol–water partition coefficient (Wildman–Crippen LogP) is 1.25. The number of amides is 1. The zero-order valence-corrected chi connectivity index (χ0v) is 10.2. The quantitative estimate of drug-likeness (QED) is 0.812. The Kier molecular flexibility index (Phi) is 4.58. The Morgan fingerprint density at radius 2 is 2.27 bits per heavy atom. The average molecular weight is 273 g/mol. The van der Waals surface area contributed by atoms with Crippen LogP contribution in [0.15, 0.2) is 22.7 Å². The third-order valence-corrected chi connectivity index (χ3v) is 2.35. The number of carbonyl (C=O) groups is 1. The van der Waals surface area contributed by atoms with Crippen LogP contribution >= 0.6 is 15.9 Å². The molecule has 0 atom stereocenters. The van der Waals surface area contributed by atoms with E-state index in [1.165, 1.54) is 0 Å². The lowest BCUT2D eigenvalue weighted by Crippen LogP contribution is -2.35. The molecule has 1 aromatic carbocycles. The summed E-state index contributed by atoms with van der Waals surface area (Å²) in [5.74, 6) is 0.610. The highest BCUT2D eigenvalue weighted by Gasteiger charge is 2.08. The van der Waals surface area contributed by atoms with E-state index in [4.69, 9.17) is 4.74 Å². The van der Waals surface area contributed by atoms with Gasteiger partial charge in [-0.3, -0.25) is 10.2 Å². The molecule has 15 heavy (non-hydrogen) atoms. The second-order valence-corrected chi connectivity index (χ2v) is 3.85. The number of hydrogen-bond donors (Lipinski definition) is 2. The van der Waals surface area contributed by atoms with Crippen molar-refractivity contribution in [2.75, 3.05) is 14.2 Å². The Morgan fingerprint density at radius 3 is 2.87 bits per heavy atom. The zero-order chi connectivity index (χ0) is 11.3. The fourth-order valence-electron chi connectivity index (χ4n) is 1.24. The molecule has 5 heteroatoms. The van der Waals surface area contributed by atoms with Crippen molar-refractivity contribution in [3.05, 3.63) is 28.2 Å². The molecule has 82 valence electrons. The lowest BCUT2D eigenvalue weighted by atomic mass is 10.1. The van der Waals surface area contributed by atoms with Gasteiger partial charge < -0.3 is 4.74 Å². The lowest BCUT2D eigenvalue weighted by molar-refractivity contribution is -0.121. The van der Waals surface area contributed by atoms with Gasteiger partial charge in [-0.1, -0.05) is 15.9 Å². The fraction of sp³-hybridized carbons (Fsp3) is 0.300. The molecule has 0 aliphatic heterocycles. The average Bonchev–Trinajstić information content (AvgIpc) is 2.18. The summed E-state index contributed by atoms with van der Waals surface area (Å²) in [5, 5.41) is 0. The maximum atomic E-state index is 11.3. The van der Waals surface area contributed by atoms with Gasteiger partial charge >= 0.3 is 0 Å². The summed E-state index contributed by atoms with van der Waals surface area (Å²) in [6.07, 6.45) is 0.281. The fourth-order valence-corrected chi connectivity index (χ4v) is 1.65. The highest BCUT2D eigenvalue weighted by atomic mass is 79.9. The van der Waals surface area contributed by atoms with Gasteiger partial charge in [0.25, 0.3) is 0 Å². The summed E-state index contributed by atoms with van der Waals surface area (Å²) in [7, 11) is 3.23. The number of rotatable bonds is 4. The van der Waals surface area contributed by atoms with Crippen molar-refractivity contribution >= 4 is 21.8 Å². The summed E-state index contributed by atoms with van der Waals surface area (Å²) < 4.78 is 6.08. The van der Waals surface area contributed by atoms with Crippen molar-refractivity contribution in [2.45, 2.75) is 6.42 Å². The monoisotopic (exact) mass is 272 g/mol. The van der Waals surface area contributed by atoms with Crippen LogP contribution < -0.4 is 15.6 Å². The van der Waals surface area contributed by atoms with E-state index in [0.717, 1.165) is 10.0 Å². The van der Waals surface area contributed by atoms with Gasteiger partial charge in [0.1, 0.15) is 5.75 Å². The van der Waals surface area contributed by atoms with Crippen LogP contribution in [0.5, 0.6) is 5.75 Å². The van der Waals surface area contributed by atoms with Crippen molar-refractivity contribution in [3.8, 4) is 5.75 Å². The molecule has 1 amide bonds. The van der Waals surface area contributed by atoms with Crippen LogP contribution in [0.3, 0.4) is 0 Å². The molecule has 2 N–H and O–H groups in total. The van der Waals surface area contributed by atoms with E-state index in [2.05, 4.69) is 26.8 Å². The number of nitrogens with one attached hydrogen (secondary N) is 2. The summed E-state index contributed by atoms with van der Waals surface area (Å²) in [6.45, 7) is 0. The molecular weight excluding hydrogens is 260 g/mol. The number of benzene rings is 1. The largest absolute Gasteiger partial charge is 0.496 e. The smallest absolute Gasteiger partial charge is 0.238 e. The van der Waals surface area contributed by atoms with Gasteiger partial charge in [-0.2, -0.15) is 0 Å². The van der Waals surface area contributed by atoms with Crippen LogP contribution in [-0.2, 0) is 11.2 Å². The van der Waals surface area contributed by atoms with Crippen LogP contribution in [0, 0.1) is 0 Å². The first-order valence-electron chi connectivity index (χ1n) is 4.45. The molecule has 0 aromatic heterocycles. The normalized spacial score (nSPS) is 9.80. The third-order valence-electron chi connectivity index (χ3n) is 1.86. The molecule has 4 nitrogen and oxygen atoms in total. The molecule has 0 radical (unpaired) electrons. The van der Waals surface area contributed by atoms with E-state index in [1.54, 1.807) is 14.2 Å². The van der Waals surface area contributed by atoms with E-state index < -0.39 is 0 Å².